The normalized spacial score (nSPS) is 11.6. The molecule has 174 valence electrons. The van der Waals surface area contributed by atoms with E-state index < -0.39 is 16.0 Å². The molecule has 0 aliphatic carbocycles. The van der Waals surface area contributed by atoms with Gasteiger partial charge in [0.05, 0.1) is 14.6 Å². The summed E-state index contributed by atoms with van der Waals surface area (Å²) in [7, 11) is -4.06. The maximum atomic E-state index is 12.7. The van der Waals surface area contributed by atoms with Gasteiger partial charge in [0.1, 0.15) is 16.5 Å². The fraction of sp³-hybridized carbons (Fsp3) is 0.0435. The monoisotopic (exact) mass is 730 g/mol. The van der Waals surface area contributed by atoms with Crippen molar-refractivity contribution in [1.29, 1.82) is 5.26 Å². The summed E-state index contributed by atoms with van der Waals surface area (Å²) in [5.41, 5.74) is 1.80. The zero-order valence-electron chi connectivity index (χ0n) is 17.3. The largest absolute Gasteiger partial charge is 0.377 e. The number of hydrogen-bond donors (Lipinski definition) is 1. The lowest BCUT2D eigenvalue weighted by molar-refractivity contribution is -0.112. The highest BCUT2D eigenvalue weighted by Gasteiger charge is 2.21. The lowest BCUT2D eigenvalue weighted by atomic mass is 10.1. The Labute approximate surface area is 230 Å². The lowest BCUT2D eigenvalue weighted by Crippen LogP contribution is -2.14. The minimum atomic E-state index is -4.06. The molecule has 0 fully saturated rings. The molecule has 0 atom stereocenters. The van der Waals surface area contributed by atoms with Crippen molar-refractivity contribution in [1.82, 2.24) is 0 Å². The average molecular weight is 734 g/mol. The van der Waals surface area contributed by atoms with E-state index in [1.54, 1.807) is 30.3 Å². The Balaban J connectivity index is 1.89. The molecule has 6 nitrogen and oxygen atoms in total. The summed E-state index contributed by atoms with van der Waals surface area (Å²) in [6.07, 6.45) is 1.39. The van der Waals surface area contributed by atoms with E-state index in [9.17, 15) is 18.5 Å². The van der Waals surface area contributed by atoms with Crippen molar-refractivity contribution in [3.8, 4) is 11.8 Å². The Morgan fingerprint density at radius 1 is 0.971 bits per heavy atom. The first-order chi connectivity index (χ1) is 16.0. The SMILES string of the molecule is Cc1cc(Br)c(NC(=O)/C(C#N)=C/c2cc(Br)c(OS(=O)(=O)c3ccccc3)c(Br)c2)c(Br)c1. The highest BCUT2D eigenvalue weighted by atomic mass is 79.9. The third-order valence-electron chi connectivity index (χ3n) is 4.35. The fourth-order valence-corrected chi connectivity index (χ4v) is 7.00. The molecule has 0 aliphatic rings. The first-order valence-corrected chi connectivity index (χ1v) is 14.0. The van der Waals surface area contributed by atoms with Crippen molar-refractivity contribution in [3.63, 3.8) is 0 Å². The van der Waals surface area contributed by atoms with Gasteiger partial charge in [-0.15, -0.1) is 0 Å². The minimum Gasteiger partial charge on any atom is -0.377 e. The summed E-state index contributed by atoms with van der Waals surface area (Å²) in [4.78, 5) is 12.8. The van der Waals surface area contributed by atoms with Gasteiger partial charge >= 0.3 is 10.1 Å². The van der Waals surface area contributed by atoms with Crippen LogP contribution in [0.3, 0.4) is 0 Å². The van der Waals surface area contributed by atoms with Crippen LogP contribution in [0, 0.1) is 18.3 Å². The van der Waals surface area contributed by atoms with Gasteiger partial charge in [-0.3, -0.25) is 4.79 Å². The van der Waals surface area contributed by atoms with Gasteiger partial charge < -0.3 is 9.50 Å². The number of nitriles is 1. The van der Waals surface area contributed by atoms with Crippen molar-refractivity contribution in [2.75, 3.05) is 5.32 Å². The summed E-state index contributed by atoms with van der Waals surface area (Å²) in [5.74, 6) is -0.566. The van der Waals surface area contributed by atoms with E-state index in [0.717, 1.165) is 5.56 Å². The predicted octanol–water partition coefficient (Wildman–Crippen LogP) is 7.36. The van der Waals surface area contributed by atoms with E-state index in [-0.39, 0.29) is 16.2 Å². The van der Waals surface area contributed by atoms with E-state index in [1.165, 1.54) is 18.2 Å². The molecule has 34 heavy (non-hydrogen) atoms. The molecule has 0 radical (unpaired) electrons. The van der Waals surface area contributed by atoms with Gasteiger partial charge in [-0.2, -0.15) is 13.7 Å². The third kappa shape index (κ3) is 6.37. The summed E-state index contributed by atoms with van der Waals surface area (Å²) in [6.45, 7) is 1.91. The standard InChI is InChI=1S/C23H14Br4N2O4S/c1-13-7-17(24)21(18(25)8-13)29-23(30)15(12-28)9-14-10-19(26)22(20(27)11-14)33-34(31,32)16-5-3-2-4-6-16/h2-11H,1H3,(H,29,30)/b15-9+. The van der Waals surface area contributed by atoms with Crippen LogP contribution in [-0.4, -0.2) is 14.3 Å². The van der Waals surface area contributed by atoms with E-state index in [2.05, 4.69) is 69.0 Å². The molecule has 0 saturated carbocycles. The van der Waals surface area contributed by atoms with Crippen molar-refractivity contribution < 1.29 is 17.4 Å². The van der Waals surface area contributed by atoms with Gasteiger partial charge in [-0.1, -0.05) is 18.2 Å². The van der Waals surface area contributed by atoms with Crippen LogP contribution in [0.4, 0.5) is 5.69 Å². The van der Waals surface area contributed by atoms with E-state index in [4.69, 9.17) is 4.18 Å². The fourth-order valence-electron chi connectivity index (χ4n) is 2.80. The van der Waals surface area contributed by atoms with Crippen LogP contribution in [0.25, 0.3) is 6.08 Å². The molecule has 0 heterocycles. The number of nitrogens with one attached hydrogen (secondary N) is 1. The number of aryl methyl sites for hydroxylation is 1. The zero-order chi connectivity index (χ0) is 25.0. The molecule has 0 aliphatic heterocycles. The van der Waals surface area contributed by atoms with Crippen molar-refractivity contribution >= 4 is 91.5 Å². The Kier molecular flexibility index (Phi) is 8.76. The maximum Gasteiger partial charge on any atom is 0.339 e. The van der Waals surface area contributed by atoms with Crippen molar-refractivity contribution in [2.45, 2.75) is 11.8 Å². The number of carbonyl (C=O) groups is 1. The van der Waals surface area contributed by atoms with Gasteiger partial charge in [0.2, 0.25) is 0 Å². The molecule has 3 aromatic rings. The van der Waals surface area contributed by atoms with Crippen LogP contribution in [0.2, 0.25) is 0 Å². The van der Waals surface area contributed by atoms with Crippen LogP contribution in [0.5, 0.6) is 5.75 Å². The molecular formula is C23H14Br4N2O4S. The third-order valence-corrected chi connectivity index (χ3v) is 8.01. The quantitative estimate of drug-likeness (QED) is 0.162. The second kappa shape index (κ2) is 11.2. The number of benzene rings is 3. The molecular weight excluding hydrogens is 720 g/mol. The van der Waals surface area contributed by atoms with Gasteiger partial charge in [-0.05, 0) is 124 Å². The Hall–Kier alpha value is -1.97. The van der Waals surface area contributed by atoms with Gasteiger partial charge in [0.25, 0.3) is 5.91 Å². The molecule has 3 rings (SSSR count). The Morgan fingerprint density at radius 2 is 1.53 bits per heavy atom. The van der Waals surface area contributed by atoms with Crippen LogP contribution < -0.4 is 9.50 Å². The number of carbonyl (C=O) groups excluding carboxylic acids is 1. The second-order valence-electron chi connectivity index (χ2n) is 6.89. The molecule has 1 amide bonds. The number of nitrogens with zero attached hydrogens (tertiary/aromatic N) is 1. The van der Waals surface area contributed by atoms with E-state index in [0.29, 0.717) is 29.1 Å². The Morgan fingerprint density at radius 3 is 2.06 bits per heavy atom. The van der Waals surface area contributed by atoms with Gasteiger partial charge in [0.15, 0.2) is 5.75 Å². The number of anilines is 1. The van der Waals surface area contributed by atoms with Crippen molar-refractivity contribution in [3.05, 3.63) is 89.2 Å². The van der Waals surface area contributed by atoms with Gasteiger partial charge in [0, 0.05) is 8.95 Å². The summed E-state index contributed by atoms with van der Waals surface area (Å²) in [6, 6.07) is 16.4. The summed E-state index contributed by atoms with van der Waals surface area (Å²) in [5, 5.41) is 12.3. The average Bonchev–Trinajstić information content (AvgIpc) is 2.77. The molecule has 0 unspecified atom stereocenters. The predicted molar refractivity (Wildman–Crippen MR) is 145 cm³/mol. The molecule has 11 heteroatoms. The van der Waals surface area contributed by atoms with Crippen LogP contribution in [0.1, 0.15) is 11.1 Å². The Bertz CT molecular complexity index is 1400. The minimum absolute atomic E-state index is 0.00892. The molecule has 0 spiro atoms. The van der Waals surface area contributed by atoms with E-state index in [1.807, 2.05) is 25.1 Å². The van der Waals surface area contributed by atoms with Crippen LogP contribution >= 0.6 is 63.7 Å². The number of hydrogen-bond acceptors (Lipinski definition) is 5. The topological polar surface area (TPSA) is 96.3 Å². The second-order valence-corrected chi connectivity index (χ2v) is 11.9. The zero-order valence-corrected chi connectivity index (χ0v) is 24.4. The molecule has 0 bridgehead atoms. The number of halogens is 4. The smallest absolute Gasteiger partial charge is 0.339 e. The lowest BCUT2D eigenvalue weighted by Gasteiger charge is -2.12. The van der Waals surface area contributed by atoms with E-state index >= 15 is 0 Å². The number of amides is 1. The van der Waals surface area contributed by atoms with Gasteiger partial charge in [-0.25, -0.2) is 0 Å². The molecule has 0 aromatic heterocycles. The van der Waals surface area contributed by atoms with Crippen LogP contribution in [0.15, 0.2) is 83.0 Å². The van der Waals surface area contributed by atoms with Crippen molar-refractivity contribution in [2.24, 2.45) is 0 Å². The molecule has 1 N–H and O–H groups in total. The summed E-state index contributed by atoms with van der Waals surface area (Å²) >= 11 is 13.4. The van der Waals surface area contributed by atoms with Crippen LogP contribution in [-0.2, 0) is 14.9 Å². The number of rotatable bonds is 6. The molecule has 3 aromatic carbocycles. The maximum absolute atomic E-state index is 12.7. The highest BCUT2D eigenvalue weighted by molar-refractivity contribution is 9.11. The highest BCUT2D eigenvalue weighted by Crippen LogP contribution is 2.37. The summed E-state index contributed by atoms with van der Waals surface area (Å²) < 4.78 is 32.4. The first-order valence-electron chi connectivity index (χ1n) is 9.39. The first kappa shape index (κ1) is 26.6. The molecule has 0 saturated heterocycles.